The highest BCUT2D eigenvalue weighted by Gasteiger charge is 2.03. The van der Waals surface area contributed by atoms with Gasteiger partial charge in [0.15, 0.2) is 0 Å². The number of hydrogen-bond donors (Lipinski definition) is 1. The highest BCUT2D eigenvalue weighted by molar-refractivity contribution is 9.10. The van der Waals surface area contributed by atoms with Gasteiger partial charge in [0.2, 0.25) is 0 Å². The first-order chi connectivity index (χ1) is 9.65. The maximum atomic E-state index is 10.6. The first-order valence-electron chi connectivity index (χ1n) is 5.96. The number of benzene rings is 1. The Labute approximate surface area is 124 Å². The van der Waals surface area contributed by atoms with Crippen molar-refractivity contribution in [3.8, 4) is 5.75 Å². The molecule has 5 nitrogen and oxygen atoms in total. The maximum absolute atomic E-state index is 10.6. The molecule has 20 heavy (non-hydrogen) atoms. The zero-order chi connectivity index (χ0) is 14.4. The minimum absolute atomic E-state index is 0.456. The molecule has 0 bridgehead atoms. The van der Waals surface area contributed by atoms with Gasteiger partial charge in [-0.05, 0) is 30.3 Å². The van der Waals surface area contributed by atoms with Crippen molar-refractivity contribution in [2.75, 3.05) is 6.61 Å². The quantitative estimate of drug-likeness (QED) is 0.824. The molecule has 0 amide bonds. The van der Waals surface area contributed by atoms with Crippen molar-refractivity contribution in [1.29, 1.82) is 0 Å². The lowest BCUT2D eigenvalue weighted by Gasteiger charge is -2.09. The second kappa shape index (κ2) is 6.91. The Morgan fingerprint density at radius 2 is 2.35 bits per heavy atom. The normalized spacial score (nSPS) is 10.8. The van der Waals surface area contributed by atoms with Crippen molar-refractivity contribution < 1.29 is 14.6 Å². The SMILES string of the molecule is O=C(O)C=Cc1cc(Br)ccc1OCCn1cccn1. The molecule has 6 heteroatoms. The molecule has 1 heterocycles. The molecule has 1 aromatic carbocycles. The number of nitrogens with zero attached hydrogens (tertiary/aromatic N) is 2. The molecule has 104 valence electrons. The molecule has 0 saturated carbocycles. The molecule has 2 rings (SSSR count). The van der Waals surface area contributed by atoms with E-state index < -0.39 is 5.97 Å². The summed E-state index contributed by atoms with van der Waals surface area (Å²) in [5, 5.41) is 12.8. The van der Waals surface area contributed by atoms with E-state index in [-0.39, 0.29) is 0 Å². The minimum atomic E-state index is -0.993. The van der Waals surface area contributed by atoms with Crippen molar-refractivity contribution >= 4 is 28.0 Å². The first kappa shape index (κ1) is 14.3. The van der Waals surface area contributed by atoms with Gasteiger partial charge >= 0.3 is 5.97 Å². The van der Waals surface area contributed by atoms with E-state index in [4.69, 9.17) is 9.84 Å². The number of aliphatic carboxylic acids is 1. The maximum Gasteiger partial charge on any atom is 0.328 e. The van der Waals surface area contributed by atoms with E-state index in [0.29, 0.717) is 24.5 Å². The summed E-state index contributed by atoms with van der Waals surface area (Å²) in [5.74, 6) is -0.356. The molecule has 0 unspecified atom stereocenters. The van der Waals surface area contributed by atoms with Gasteiger partial charge in [-0.15, -0.1) is 0 Å². The Bertz CT molecular complexity index is 609. The summed E-state index contributed by atoms with van der Waals surface area (Å²) in [7, 11) is 0. The second-order valence-electron chi connectivity index (χ2n) is 3.97. The molecule has 0 aliphatic carbocycles. The summed E-state index contributed by atoms with van der Waals surface area (Å²) in [5.41, 5.74) is 0.710. The zero-order valence-electron chi connectivity index (χ0n) is 10.6. The molecule has 0 aliphatic rings. The molecule has 2 aromatic rings. The third-order valence-corrected chi connectivity index (χ3v) is 3.01. The summed E-state index contributed by atoms with van der Waals surface area (Å²) < 4.78 is 8.30. The third kappa shape index (κ3) is 4.24. The van der Waals surface area contributed by atoms with Crippen LogP contribution in [0.25, 0.3) is 6.08 Å². The summed E-state index contributed by atoms with van der Waals surface area (Å²) in [6, 6.07) is 7.30. The van der Waals surface area contributed by atoms with Gasteiger partial charge < -0.3 is 9.84 Å². The lowest BCUT2D eigenvalue weighted by Crippen LogP contribution is -2.08. The van der Waals surface area contributed by atoms with Gasteiger partial charge in [0.25, 0.3) is 0 Å². The van der Waals surface area contributed by atoms with E-state index >= 15 is 0 Å². The highest BCUT2D eigenvalue weighted by Crippen LogP contribution is 2.24. The van der Waals surface area contributed by atoms with Crippen molar-refractivity contribution in [3.05, 3.63) is 52.8 Å². The van der Waals surface area contributed by atoms with E-state index in [1.54, 1.807) is 16.9 Å². The number of aromatic nitrogens is 2. The molecule has 0 fully saturated rings. The molecule has 1 N–H and O–H groups in total. The van der Waals surface area contributed by atoms with Gasteiger partial charge in [-0.25, -0.2) is 4.79 Å². The average Bonchev–Trinajstić information content (AvgIpc) is 2.91. The van der Waals surface area contributed by atoms with Crippen LogP contribution >= 0.6 is 15.9 Å². The van der Waals surface area contributed by atoms with Crippen molar-refractivity contribution in [2.24, 2.45) is 0 Å². The van der Waals surface area contributed by atoms with Crippen LogP contribution in [0.1, 0.15) is 5.56 Å². The summed E-state index contributed by atoms with van der Waals surface area (Å²) in [6.07, 6.45) is 6.16. The number of carboxylic acids is 1. The molecule has 0 aliphatic heterocycles. The molecular formula is C14H13BrN2O3. The topological polar surface area (TPSA) is 64.3 Å². The van der Waals surface area contributed by atoms with Gasteiger partial charge in [-0.3, -0.25) is 4.68 Å². The first-order valence-corrected chi connectivity index (χ1v) is 6.75. The standard InChI is InChI=1S/C14H13BrN2O3/c15-12-3-4-13(11(10-12)2-5-14(18)19)20-9-8-17-7-1-6-16-17/h1-7,10H,8-9H2,(H,18,19). The zero-order valence-corrected chi connectivity index (χ0v) is 12.2. The fourth-order valence-corrected chi connectivity index (χ4v) is 2.00. The monoisotopic (exact) mass is 336 g/mol. The van der Waals surface area contributed by atoms with E-state index in [9.17, 15) is 4.79 Å². The van der Waals surface area contributed by atoms with Crippen LogP contribution in [0.4, 0.5) is 0 Å². The smallest absolute Gasteiger partial charge is 0.328 e. The van der Waals surface area contributed by atoms with Crippen LogP contribution in [0.2, 0.25) is 0 Å². The van der Waals surface area contributed by atoms with Crippen molar-refractivity contribution in [1.82, 2.24) is 9.78 Å². The number of hydrogen-bond acceptors (Lipinski definition) is 3. The molecular weight excluding hydrogens is 324 g/mol. The van der Waals surface area contributed by atoms with Crippen LogP contribution in [0.3, 0.4) is 0 Å². The Balaban J connectivity index is 2.04. The molecule has 0 radical (unpaired) electrons. The Hall–Kier alpha value is -2.08. The van der Waals surface area contributed by atoms with Gasteiger partial charge in [-0.1, -0.05) is 15.9 Å². The van der Waals surface area contributed by atoms with E-state index in [0.717, 1.165) is 10.5 Å². The average molecular weight is 337 g/mol. The van der Waals surface area contributed by atoms with Gasteiger partial charge in [0.05, 0.1) is 6.54 Å². The fraction of sp³-hybridized carbons (Fsp3) is 0.143. The van der Waals surface area contributed by atoms with Gasteiger partial charge in [0.1, 0.15) is 12.4 Å². The van der Waals surface area contributed by atoms with Crippen LogP contribution in [0.15, 0.2) is 47.2 Å². The number of ether oxygens (including phenoxy) is 1. The Kier molecular flexibility index (Phi) is 4.95. The number of carboxylic acid groups (broad SMARTS) is 1. The third-order valence-electron chi connectivity index (χ3n) is 2.51. The molecule has 0 atom stereocenters. The van der Waals surface area contributed by atoms with E-state index in [1.165, 1.54) is 6.08 Å². The van der Waals surface area contributed by atoms with Crippen LogP contribution in [-0.2, 0) is 11.3 Å². The highest BCUT2D eigenvalue weighted by atomic mass is 79.9. The predicted molar refractivity (Wildman–Crippen MR) is 78.5 cm³/mol. The largest absolute Gasteiger partial charge is 0.491 e. The van der Waals surface area contributed by atoms with Crippen LogP contribution in [-0.4, -0.2) is 27.5 Å². The van der Waals surface area contributed by atoms with Crippen molar-refractivity contribution in [2.45, 2.75) is 6.54 Å². The van der Waals surface area contributed by atoms with Gasteiger partial charge in [-0.2, -0.15) is 5.10 Å². The fourth-order valence-electron chi connectivity index (χ4n) is 1.62. The minimum Gasteiger partial charge on any atom is -0.491 e. The van der Waals surface area contributed by atoms with Gasteiger partial charge in [0, 0.05) is 28.5 Å². The lowest BCUT2D eigenvalue weighted by molar-refractivity contribution is -0.131. The molecule has 0 saturated heterocycles. The van der Waals surface area contributed by atoms with Crippen LogP contribution < -0.4 is 4.74 Å². The Morgan fingerprint density at radius 3 is 3.05 bits per heavy atom. The van der Waals surface area contributed by atoms with Crippen molar-refractivity contribution in [3.63, 3.8) is 0 Å². The number of halogens is 1. The van der Waals surface area contributed by atoms with E-state index in [1.807, 2.05) is 24.4 Å². The summed E-state index contributed by atoms with van der Waals surface area (Å²) in [6.45, 7) is 1.09. The van der Waals surface area contributed by atoms with E-state index in [2.05, 4.69) is 21.0 Å². The Morgan fingerprint density at radius 1 is 1.50 bits per heavy atom. The number of rotatable bonds is 6. The molecule has 0 spiro atoms. The molecule has 1 aromatic heterocycles. The lowest BCUT2D eigenvalue weighted by atomic mass is 10.2. The van der Waals surface area contributed by atoms with Crippen LogP contribution in [0.5, 0.6) is 5.75 Å². The van der Waals surface area contributed by atoms with Crippen LogP contribution in [0, 0.1) is 0 Å². The number of carbonyl (C=O) groups is 1. The summed E-state index contributed by atoms with van der Waals surface area (Å²) >= 11 is 3.35. The summed E-state index contributed by atoms with van der Waals surface area (Å²) in [4.78, 5) is 10.6. The second-order valence-corrected chi connectivity index (χ2v) is 4.89. The predicted octanol–water partition coefficient (Wildman–Crippen LogP) is 2.82.